The van der Waals surface area contributed by atoms with E-state index in [9.17, 15) is 13.6 Å². The number of halogens is 3. The van der Waals surface area contributed by atoms with Crippen LogP contribution in [0.15, 0.2) is 27.8 Å². The molecule has 1 aromatic carbocycles. The highest BCUT2D eigenvalue weighted by atomic mass is 79.9. The molecular formula is C13H13BrF2N2O3. The minimum atomic E-state index is -3.10. The van der Waals surface area contributed by atoms with Crippen LogP contribution in [-0.2, 0) is 15.4 Å². The van der Waals surface area contributed by atoms with E-state index in [1.54, 1.807) is 6.92 Å². The molecule has 1 aliphatic rings. The number of hydrazone groups is 1. The minimum Gasteiger partial charge on any atom is -0.439 e. The Kier molecular flexibility index (Phi) is 4.58. The van der Waals surface area contributed by atoms with Crippen LogP contribution in [0.4, 0.5) is 13.6 Å². The predicted molar refractivity (Wildman–Crippen MR) is 75.5 cm³/mol. The number of cyclic esters (lactones) is 1. The standard InChI is InChI=1S/C13H13BrF2N2O3/c1-7-11(17-18-12(19)21-7)8-3-4-9(10(14)5-8)13(15,16)6-20-2/h3-5,7H,6H2,1-2H3,(H,18,19)/t7-/m0/s1. The monoisotopic (exact) mass is 362 g/mol. The summed E-state index contributed by atoms with van der Waals surface area (Å²) in [6.07, 6.45) is -1.20. The number of hydrogen-bond acceptors (Lipinski definition) is 4. The number of ether oxygens (including phenoxy) is 2. The number of carbonyl (C=O) groups excluding carboxylic acids is 1. The van der Waals surface area contributed by atoms with Gasteiger partial charge in [-0.15, -0.1) is 0 Å². The summed E-state index contributed by atoms with van der Waals surface area (Å²) in [4.78, 5) is 11.0. The van der Waals surface area contributed by atoms with Crippen molar-refractivity contribution in [3.63, 3.8) is 0 Å². The van der Waals surface area contributed by atoms with Crippen molar-refractivity contribution in [2.24, 2.45) is 5.10 Å². The first-order valence-corrected chi connectivity index (χ1v) is 6.86. The number of methoxy groups -OCH3 is 1. The van der Waals surface area contributed by atoms with Crippen molar-refractivity contribution in [1.29, 1.82) is 0 Å². The fourth-order valence-electron chi connectivity index (χ4n) is 1.97. The largest absolute Gasteiger partial charge is 0.439 e. The lowest BCUT2D eigenvalue weighted by molar-refractivity contribution is -0.0703. The Hall–Kier alpha value is -1.54. The summed E-state index contributed by atoms with van der Waals surface area (Å²) in [5.41, 5.74) is 3.04. The average molecular weight is 363 g/mol. The van der Waals surface area contributed by atoms with Gasteiger partial charge in [0.2, 0.25) is 0 Å². The van der Waals surface area contributed by atoms with E-state index in [1.165, 1.54) is 25.3 Å². The summed E-state index contributed by atoms with van der Waals surface area (Å²) < 4.78 is 37.4. The van der Waals surface area contributed by atoms with Gasteiger partial charge in [-0.25, -0.2) is 10.2 Å². The molecule has 0 saturated heterocycles. The smallest absolute Gasteiger partial charge is 0.428 e. The Bertz CT molecular complexity index is 593. The topological polar surface area (TPSA) is 59.9 Å². The molecule has 0 fully saturated rings. The van der Waals surface area contributed by atoms with E-state index in [4.69, 9.17) is 4.74 Å². The Morgan fingerprint density at radius 3 is 2.81 bits per heavy atom. The lowest BCUT2D eigenvalue weighted by Crippen LogP contribution is -2.37. The van der Waals surface area contributed by atoms with Crippen molar-refractivity contribution in [2.75, 3.05) is 13.7 Å². The van der Waals surface area contributed by atoms with Crippen LogP contribution in [0.3, 0.4) is 0 Å². The maximum atomic E-state index is 13.9. The molecule has 114 valence electrons. The predicted octanol–water partition coefficient (Wildman–Crippen LogP) is 3.02. The first-order valence-electron chi connectivity index (χ1n) is 6.06. The molecule has 0 radical (unpaired) electrons. The molecule has 5 nitrogen and oxygen atoms in total. The van der Waals surface area contributed by atoms with E-state index in [0.29, 0.717) is 11.3 Å². The minimum absolute atomic E-state index is 0.179. The van der Waals surface area contributed by atoms with Crippen LogP contribution >= 0.6 is 15.9 Å². The van der Waals surface area contributed by atoms with Gasteiger partial charge in [0, 0.05) is 22.7 Å². The molecule has 0 bridgehead atoms. The summed E-state index contributed by atoms with van der Waals surface area (Å²) in [5.74, 6) is -3.10. The number of amides is 1. The number of rotatable bonds is 4. The van der Waals surface area contributed by atoms with Crippen molar-refractivity contribution in [1.82, 2.24) is 5.43 Å². The third-order valence-corrected chi connectivity index (χ3v) is 3.58. The van der Waals surface area contributed by atoms with Gasteiger partial charge in [0.1, 0.15) is 18.4 Å². The average Bonchev–Trinajstić information content (AvgIpc) is 2.38. The van der Waals surface area contributed by atoms with Crippen molar-refractivity contribution in [2.45, 2.75) is 19.0 Å². The molecule has 2 rings (SSSR count). The second-order valence-electron chi connectivity index (χ2n) is 4.49. The van der Waals surface area contributed by atoms with Crippen molar-refractivity contribution in [3.8, 4) is 0 Å². The van der Waals surface area contributed by atoms with Gasteiger partial charge >= 0.3 is 6.09 Å². The van der Waals surface area contributed by atoms with Crippen LogP contribution in [0.25, 0.3) is 0 Å². The maximum absolute atomic E-state index is 13.9. The van der Waals surface area contributed by atoms with Gasteiger partial charge in [0.05, 0.1) is 0 Å². The molecule has 1 N–H and O–H groups in total. The van der Waals surface area contributed by atoms with Crippen LogP contribution < -0.4 is 5.43 Å². The van der Waals surface area contributed by atoms with E-state index in [2.05, 4.69) is 31.2 Å². The molecule has 1 aromatic rings. The van der Waals surface area contributed by atoms with Gasteiger partial charge < -0.3 is 9.47 Å². The summed E-state index contributed by atoms with van der Waals surface area (Å²) in [5, 5.41) is 3.89. The molecule has 0 unspecified atom stereocenters. The molecular weight excluding hydrogens is 350 g/mol. The molecule has 0 spiro atoms. The number of nitrogens with one attached hydrogen (secondary N) is 1. The van der Waals surface area contributed by atoms with Crippen LogP contribution in [-0.4, -0.2) is 31.6 Å². The molecule has 8 heteroatoms. The van der Waals surface area contributed by atoms with Gasteiger partial charge in [-0.1, -0.05) is 28.1 Å². The zero-order valence-electron chi connectivity index (χ0n) is 11.3. The molecule has 0 saturated carbocycles. The number of benzene rings is 1. The van der Waals surface area contributed by atoms with Crippen LogP contribution in [0, 0.1) is 0 Å². The molecule has 1 atom stereocenters. The normalized spacial score (nSPS) is 18.8. The second kappa shape index (κ2) is 6.07. The fraction of sp³-hybridized carbons (Fsp3) is 0.385. The SMILES string of the molecule is COCC(F)(F)c1ccc(C2=NNC(=O)O[C@H]2C)cc1Br. The highest BCUT2D eigenvalue weighted by Gasteiger charge is 2.34. The third kappa shape index (κ3) is 3.38. The molecule has 0 aromatic heterocycles. The Labute approximate surface area is 128 Å². The second-order valence-corrected chi connectivity index (χ2v) is 5.34. The van der Waals surface area contributed by atoms with Gasteiger partial charge in [-0.3, -0.25) is 0 Å². The summed E-state index contributed by atoms with van der Waals surface area (Å²) in [6, 6.07) is 4.30. The number of nitrogens with zero attached hydrogens (tertiary/aromatic N) is 1. The molecule has 1 aliphatic heterocycles. The highest BCUT2D eigenvalue weighted by molar-refractivity contribution is 9.10. The fourth-order valence-corrected chi connectivity index (χ4v) is 2.64. The third-order valence-electron chi connectivity index (χ3n) is 2.92. The van der Waals surface area contributed by atoms with Gasteiger partial charge in [0.25, 0.3) is 5.92 Å². The number of hydrogen-bond donors (Lipinski definition) is 1. The van der Waals surface area contributed by atoms with Crippen LogP contribution in [0.1, 0.15) is 18.1 Å². The maximum Gasteiger partial charge on any atom is 0.428 e. The Morgan fingerprint density at radius 1 is 1.52 bits per heavy atom. The van der Waals surface area contributed by atoms with Gasteiger partial charge in [-0.05, 0) is 13.0 Å². The zero-order valence-corrected chi connectivity index (χ0v) is 12.9. The summed E-state index contributed by atoms with van der Waals surface area (Å²) in [6.45, 7) is 0.945. The van der Waals surface area contributed by atoms with Crippen LogP contribution in [0.2, 0.25) is 0 Å². The van der Waals surface area contributed by atoms with Crippen molar-refractivity contribution >= 4 is 27.7 Å². The van der Waals surface area contributed by atoms with Crippen molar-refractivity contribution in [3.05, 3.63) is 33.8 Å². The summed E-state index contributed by atoms with van der Waals surface area (Å²) in [7, 11) is 1.22. The van der Waals surface area contributed by atoms with E-state index < -0.39 is 24.7 Å². The first-order chi connectivity index (χ1) is 9.85. The zero-order chi connectivity index (χ0) is 15.6. The first kappa shape index (κ1) is 15.8. The quantitative estimate of drug-likeness (QED) is 0.895. The molecule has 0 aliphatic carbocycles. The molecule has 21 heavy (non-hydrogen) atoms. The highest BCUT2D eigenvalue weighted by Crippen LogP contribution is 2.34. The van der Waals surface area contributed by atoms with E-state index in [-0.39, 0.29) is 10.0 Å². The molecule has 1 amide bonds. The Balaban J connectivity index is 2.34. The number of carbonyl (C=O) groups is 1. The van der Waals surface area contributed by atoms with Gasteiger partial charge in [0.15, 0.2) is 0 Å². The van der Waals surface area contributed by atoms with Crippen LogP contribution in [0.5, 0.6) is 0 Å². The van der Waals surface area contributed by atoms with E-state index in [1.807, 2.05) is 0 Å². The van der Waals surface area contributed by atoms with E-state index in [0.717, 1.165) is 0 Å². The van der Waals surface area contributed by atoms with E-state index >= 15 is 0 Å². The lowest BCUT2D eigenvalue weighted by atomic mass is 10.0. The van der Waals surface area contributed by atoms with Gasteiger partial charge in [-0.2, -0.15) is 13.9 Å². The summed E-state index contributed by atoms with van der Waals surface area (Å²) >= 11 is 3.13. The Morgan fingerprint density at radius 2 is 2.24 bits per heavy atom. The number of alkyl halides is 2. The van der Waals surface area contributed by atoms with Crippen molar-refractivity contribution < 1.29 is 23.0 Å². The lowest BCUT2D eigenvalue weighted by Gasteiger charge is -2.22. The molecule has 1 heterocycles.